The molecule has 2 rings (SSSR count). The number of non-ortho nitro benzene ring substituents is 1. The van der Waals surface area contributed by atoms with Crippen LogP contribution in [0, 0.1) is 10.1 Å². The molecule has 0 unspecified atom stereocenters. The van der Waals surface area contributed by atoms with Gasteiger partial charge in [-0.1, -0.05) is 49.3 Å². The van der Waals surface area contributed by atoms with Crippen molar-refractivity contribution in [2.75, 3.05) is 6.61 Å². The van der Waals surface area contributed by atoms with Crippen molar-refractivity contribution in [3.8, 4) is 0 Å². The number of benzene rings is 2. The van der Waals surface area contributed by atoms with E-state index in [1.54, 1.807) is 12.1 Å². The third-order valence-electron chi connectivity index (χ3n) is 3.93. The van der Waals surface area contributed by atoms with Crippen LogP contribution in [0.2, 0.25) is 0 Å². The van der Waals surface area contributed by atoms with Gasteiger partial charge < -0.3 is 5.11 Å². The molecule has 0 radical (unpaired) electrons. The fourth-order valence-electron chi connectivity index (χ4n) is 2.49. The number of nitro benzene ring substituents is 1. The predicted octanol–water partition coefficient (Wildman–Crippen LogP) is 4.86. The molecule has 0 saturated heterocycles. The van der Waals surface area contributed by atoms with E-state index >= 15 is 0 Å². The molecule has 24 heavy (non-hydrogen) atoms. The minimum Gasteiger partial charge on any atom is -0.396 e. The summed E-state index contributed by atoms with van der Waals surface area (Å²) in [5, 5.41) is 19.4. The van der Waals surface area contributed by atoms with Crippen LogP contribution in [0.5, 0.6) is 0 Å². The van der Waals surface area contributed by atoms with Gasteiger partial charge in [-0.3, -0.25) is 10.1 Å². The molecule has 0 bridgehead atoms. The van der Waals surface area contributed by atoms with Gasteiger partial charge in [-0.2, -0.15) is 0 Å². The molecule has 4 heteroatoms. The minimum absolute atomic E-state index is 0.107. The molecule has 0 aromatic heterocycles. The van der Waals surface area contributed by atoms with Gasteiger partial charge in [0.05, 0.1) is 4.92 Å². The molecule has 1 N–H and O–H groups in total. The maximum absolute atomic E-state index is 10.6. The highest BCUT2D eigenvalue weighted by molar-refractivity contribution is 5.70. The molecular formula is C20H23NO3. The number of hydrogen-bond donors (Lipinski definition) is 1. The first kappa shape index (κ1) is 17.9. The number of rotatable bonds is 9. The van der Waals surface area contributed by atoms with Gasteiger partial charge in [-0.25, -0.2) is 0 Å². The molecule has 0 spiro atoms. The predicted molar refractivity (Wildman–Crippen MR) is 97.7 cm³/mol. The van der Waals surface area contributed by atoms with Crippen molar-refractivity contribution in [2.45, 2.75) is 32.1 Å². The van der Waals surface area contributed by atoms with Gasteiger partial charge in [-0.15, -0.1) is 0 Å². The van der Waals surface area contributed by atoms with Crippen LogP contribution in [0.25, 0.3) is 12.2 Å². The highest BCUT2D eigenvalue weighted by atomic mass is 16.6. The van der Waals surface area contributed by atoms with Crippen LogP contribution in [-0.4, -0.2) is 16.6 Å². The van der Waals surface area contributed by atoms with Gasteiger partial charge >= 0.3 is 0 Å². The van der Waals surface area contributed by atoms with E-state index in [1.807, 2.05) is 12.2 Å². The lowest BCUT2D eigenvalue weighted by Gasteiger charge is -2.02. The molecule has 0 aliphatic heterocycles. The zero-order chi connectivity index (χ0) is 17.2. The third kappa shape index (κ3) is 5.97. The summed E-state index contributed by atoms with van der Waals surface area (Å²) < 4.78 is 0. The number of nitrogens with zero attached hydrogens (tertiary/aromatic N) is 1. The van der Waals surface area contributed by atoms with Gasteiger partial charge in [0.25, 0.3) is 5.69 Å². The Morgan fingerprint density at radius 3 is 1.92 bits per heavy atom. The molecule has 2 aromatic carbocycles. The normalized spacial score (nSPS) is 11.0. The molecule has 0 atom stereocenters. The number of aryl methyl sites for hydroxylation is 1. The molecule has 0 aliphatic carbocycles. The van der Waals surface area contributed by atoms with Crippen molar-refractivity contribution < 1.29 is 10.0 Å². The van der Waals surface area contributed by atoms with Gasteiger partial charge in [0, 0.05) is 18.7 Å². The zero-order valence-electron chi connectivity index (χ0n) is 13.7. The van der Waals surface area contributed by atoms with E-state index in [1.165, 1.54) is 17.7 Å². The highest BCUT2D eigenvalue weighted by Crippen LogP contribution is 2.15. The third-order valence-corrected chi connectivity index (χ3v) is 3.93. The SMILES string of the molecule is O=[N+]([O-])c1ccc(/C=C/c2ccc(CCCCCCO)cc2)cc1. The standard InChI is InChI=1S/C20H23NO3/c22-16-4-2-1-3-5-17-6-8-18(9-7-17)10-11-19-12-14-20(15-13-19)21(23)24/h6-15,22H,1-5,16H2/b11-10+. The van der Waals surface area contributed by atoms with Crippen molar-refractivity contribution >= 4 is 17.8 Å². The molecule has 0 aliphatic rings. The number of aliphatic hydroxyl groups is 1. The summed E-state index contributed by atoms with van der Waals surface area (Å²) in [6, 6.07) is 15.0. The average molecular weight is 325 g/mol. The fourth-order valence-corrected chi connectivity index (χ4v) is 2.49. The molecule has 126 valence electrons. The Morgan fingerprint density at radius 1 is 0.833 bits per heavy atom. The van der Waals surface area contributed by atoms with E-state index < -0.39 is 4.92 Å². The van der Waals surface area contributed by atoms with Crippen LogP contribution in [0.15, 0.2) is 48.5 Å². The Hall–Kier alpha value is -2.46. The quantitative estimate of drug-likeness (QED) is 0.310. The van der Waals surface area contributed by atoms with Crippen molar-refractivity contribution in [2.24, 2.45) is 0 Å². The van der Waals surface area contributed by atoms with Crippen molar-refractivity contribution in [3.05, 3.63) is 75.3 Å². The first-order valence-corrected chi connectivity index (χ1v) is 8.31. The molecular weight excluding hydrogens is 302 g/mol. The molecule has 0 heterocycles. The van der Waals surface area contributed by atoms with Crippen LogP contribution < -0.4 is 0 Å². The first-order valence-electron chi connectivity index (χ1n) is 8.31. The minimum atomic E-state index is -0.393. The lowest BCUT2D eigenvalue weighted by atomic mass is 10.0. The molecule has 0 fully saturated rings. The van der Waals surface area contributed by atoms with E-state index in [0.717, 1.165) is 43.2 Å². The Bertz CT molecular complexity index is 660. The van der Waals surface area contributed by atoms with Crippen molar-refractivity contribution in [1.82, 2.24) is 0 Å². The van der Waals surface area contributed by atoms with Crippen LogP contribution in [0.3, 0.4) is 0 Å². The summed E-state index contributed by atoms with van der Waals surface area (Å²) in [6.07, 6.45) is 9.32. The second-order valence-corrected chi connectivity index (χ2v) is 5.81. The van der Waals surface area contributed by atoms with Crippen molar-refractivity contribution in [1.29, 1.82) is 0 Å². The van der Waals surface area contributed by atoms with Crippen LogP contribution in [0.1, 0.15) is 42.4 Å². The first-order chi connectivity index (χ1) is 11.7. The molecule has 0 amide bonds. The molecule has 0 saturated carbocycles. The van der Waals surface area contributed by atoms with Crippen LogP contribution in [0.4, 0.5) is 5.69 Å². The smallest absolute Gasteiger partial charge is 0.269 e. The van der Waals surface area contributed by atoms with Gasteiger partial charge in [-0.05, 0) is 48.1 Å². The van der Waals surface area contributed by atoms with E-state index in [9.17, 15) is 10.1 Å². The Labute approximate surface area is 142 Å². The molecule has 2 aromatic rings. The summed E-state index contributed by atoms with van der Waals surface area (Å²) in [5.41, 5.74) is 3.48. The summed E-state index contributed by atoms with van der Waals surface area (Å²) >= 11 is 0. The maximum atomic E-state index is 10.6. The average Bonchev–Trinajstić information content (AvgIpc) is 2.61. The number of nitro groups is 1. The topological polar surface area (TPSA) is 63.4 Å². The Morgan fingerprint density at radius 2 is 1.38 bits per heavy atom. The van der Waals surface area contributed by atoms with Crippen LogP contribution in [-0.2, 0) is 6.42 Å². The Balaban J connectivity index is 1.85. The van der Waals surface area contributed by atoms with Crippen LogP contribution >= 0.6 is 0 Å². The maximum Gasteiger partial charge on any atom is 0.269 e. The Kier molecular flexibility index (Phi) is 7.18. The fraction of sp³-hybridized carbons (Fsp3) is 0.300. The summed E-state index contributed by atoms with van der Waals surface area (Å²) in [7, 11) is 0. The monoisotopic (exact) mass is 325 g/mol. The zero-order valence-corrected chi connectivity index (χ0v) is 13.7. The summed E-state index contributed by atoms with van der Waals surface area (Å²) in [6.45, 7) is 0.287. The van der Waals surface area contributed by atoms with E-state index in [0.29, 0.717) is 0 Å². The van der Waals surface area contributed by atoms with E-state index in [2.05, 4.69) is 24.3 Å². The van der Waals surface area contributed by atoms with E-state index in [-0.39, 0.29) is 12.3 Å². The lowest BCUT2D eigenvalue weighted by Crippen LogP contribution is -1.88. The van der Waals surface area contributed by atoms with Gasteiger partial charge in [0.15, 0.2) is 0 Å². The van der Waals surface area contributed by atoms with Gasteiger partial charge in [0.2, 0.25) is 0 Å². The summed E-state index contributed by atoms with van der Waals surface area (Å²) in [4.78, 5) is 10.2. The largest absolute Gasteiger partial charge is 0.396 e. The van der Waals surface area contributed by atoms with Crippen molar-refractivity contribution in [3.63, 3.8) is 0 Å². The second kappa shape index (κ2) is 9.63. The van der Waals surface area contributed by atoms with Gasteiger partial charge in [0.1, 0.15) is 0 Å². The lowest BCUT2D eigenvalue weighted by molar-refractivity contribution is -0.384. The summed E-state index contributed by atoms with van der Waals surface area (Å²) in [5.74, 6) is 0. The number of unbranched alkanes of at least 4 members (excludes halogenated alkanes) is 3. The second-order valence-electron chi connectivity index (χ2n) is 5.81. The number of aliphatic hydroxyl groups excluding tert-OH is 1. The molecule has 4 nitrogen and oxygen atoms in total. The highest BCUT2D eigenvalue weighted by Gasteiger charge is 2.02. The van der Waals surface area contributed by atoms with E-state index in [4.69, 9.17) is 5.11 Å². The number of hydrogen-bond acceptors (Lipinski definition) is 3.